The first-order valence-corrected chi connectivity index (χ1v) is 7.98. The van der Waals surface area contributed by atoms with Crippen molar-refractivity contribution in [2.75, 3.05) is 13.2 Å². The molecule has 3 aliphatic rings. The van der Waals surface area contributed by atoms with E-state index < -0.39 is 0 Å². The van der Waals surface area contributed by atoms with E-state index in [1.54, 1.807) is 0 Å². The van der Waals surface area contributed by atoms with Crippen molar-refractivity contribution in [2.24, 2.45) is 5.92 Å². The molecule has 108 valence electrons. The number of ether oxygens (including phenoxy) is 1. The van der Waals surface area contributed by atoms with E-state index in [1.807, 2.05) is 0 Å². The SMILES string of the molecule is O=C(NCC1CCCCO1)C1CC2CCCCC2N1. The van der Waals surface area contributed by atoms with Gasteiger partial charge in [0.2, 0.25) is 5.91 Å². The molecule has 1 amide bonds. The van der Waals surface area contributed by atoms with E-state index in [0.29, 0.717) is 12.6 Å². The topological polar surface area (TPSA) is 50.4 Å². The van der Waals surface area contributed by atoms with Crippen molar-refractivity contribution in [3.8, 4) is 0 Å². The molecule has 2 aliphatic heterocycles. The number of nitrogens with one attached hydrogen (secondary N) is 2. The van der Waals surface area contributed by atoms with Gasteiger partial charge in [0.1, 0.15) is 0 Å². The zero-order chi connectivity index (χ0) is 13.1. The van der Waals surface area contributed by atoms with Crippen LogP contribution in [0.1, 0.15) is 51.4 Å². The fourth-order valence-corrected chi connectivity index (χ4v) is 3.83. The van der Waals surface area contributed by atoms with Crippen LogP contribution in [0, 0.1) is 5.92 Å². The maximum Gasteiger partial charge on any atom is 0.237 e. The number of hydrogen-bond acceptors (Lipinski definition) is 3. The molecule has 4 atom stereocenters. The Balaban J connectivity index is 1.43. The minimum Gasteiger partial charge on any atom is -0.376 e. The molecular formula is C15H26N2O2. The van der Waals surface area contributed by atoms with Crippen LogP contribution in [-0.2, 0) is 9.53 Å². The molecule has 0 aromatic rings. The molecule has 0 aromatic heterocycles. The van der Waals surface area contributed by atoms with Crippen molar-refractivity contribution in [3.05, 3.63) is 0 Å². The summed E-state index contributed by atoms with van der Waals surface area (Å²) in [6.07, 6.45) is 9.95. The second-order valence-electron chi connectivity index (χ2n) is 6.34. The lowest BCUT2D eigenvalue weighted by Gasteiger charge is -2.24. The Morgan fingerprint density at radius 2 is 2.00 bits per heavy atom. The molecule has 0 radical (unpaired) electrons. The Labute approximate surface area is 115 Å². The molecule has 3 fully saturated rings. The predicted molar refractivity (Wildman–Crippen MR) is 73.9 cm³/mol. The molecule has 4 nitrogen and oxygen atoms in total. The average molecular weight is 266 g/mol. The van der Waals surface area contributed by atoms with Crippen LogP contribution in [0.15, 0.2) is 0 Å². The van der Waals surface area contributed by atoms with Crippen molar-refractivity contribution in [3.63, 3.8) is 0 Å². The fraction of sp³-hybridized carbons (Fsp3) is 0.933. The van der Waals surface area contributed by atoms with Crippen LogP contribution in [0.25, 0.3) is 0 Å². The largest absolute Gasteiger partial charge is 0.376 e. The Hall–Kier alpha value is -0.610. The predicted octanol–water partition coefficient (Wildman–Crippen LogP) is 1.59. The van der Waals surface area contributed by atoms with E-state index in [9.17, 15) is 4.79 Å². The summed E-state index contributed by atoms with van der Waals surface area (Å²) in [5, 5.41) is 6.61. The minimum absolute atomic E-state index is 0.0386. The monoisotopic (exact) mass is 266 g/mol. The van der Waals surface area contributed by atoms with Gasteiger partial charge in [0.15, 0.2) is 0 Å². The van der Waals surface area contributed by atoms with Gasteiger partial charge in [0, 0.05) is 19.2 Å². The molecule has 2 N–H and O–H groups in total. The smallest absolute Gasteiger partial charge is 0.237 e. The first-order valence-electron chi connectivity index (χ1n) is 7.98. The molecule has 0 aromatic carbocycles. The van der Waals surface area contributed by atoms with E-state index >= 15 is 0 Å². The summed E-state index contributed by atoms with van der Waals surface area (Å²) in [6, 6.07) is 0.632. The van der Waals surface area contributed by atoms with Gasteiger partial charge in [-0.25, -0.2) is 0 Å². The first-order chi connectivity index (χ1) is 9.33. The second-order valence-corrected chi connectivity index (χ2v) is 6.34. The van der Waals surface area contributed by atoms with Crippen LogP contribution in [-0.4, -0.2) is 37.2 Å². The lowest BCUT2D eigenvalue weighted by atomic mass is 9.85. The zero-order valence-electron chi connectivity index (χ0n) is 11.7. The maximum atomic E-state index is 12.2. The summed E-state index contributed by atoms with van der Waals surface area (Å²) >= 11 is 0. The van der Waals surface area contributed by atoms with Gasteiger partial charge in [0.05, 0.1) is 12.1 Å². The van der Waals surface area contributed by atoms with Gasteiger partial charge in [-0.15, -0.1) is 0 Å². The van der Waals surface area contributed by atoms with Crippen molar-refractivity contribution < 1.29 is 9.53 Å². The van der Waals surface area contributed by atoms with Crippen molar-refractivity contribution in [1.29, 1.82) is 0 Å². The van der Waals surface area contributed by atoms with Gasteiger partial charge >= 0.3 is 0 Å². The molecule has 2 saturated heterocycles. The van der Waals surface area contributed by atoms with E-state index in [2.05, 4.69) is 10.6 Å². The quantitative estimate of drug-likeness (QED) is 0.815. The number of rotatable bonds is 3. The summed E-state index contributed by atoms with van der Waals surface area (Å²) in [5.41, 5.74) is 0. The Kier molecular flexibility index (Phi) is 4.38. The molecule has 1 aliphatic carbocycles. The van der Waals surface area contributed by atoms with Gasteiger partial charge in [-0.3, -0.25) is 4.79 Å². The van der Waals surface area contributed by atoms with Crippen molar-refractivity contribution >= 4 is 5.91 Å². The van der Waals surface area contributed by atoms with E-state index in [1.165, 1.54) is 32.1 Å². The number of amides is 1. The van der Waals surface area contributed by atoms with Crippen LogP contribution in [0.5, 0.6) is 0 Å². The molecule has 0 bridgehead atoms. The van der Waals surface area contributed by atoms with Crippen LogP contribution in [0.4, 0.5) is 0 Å². The second kappa shape index (κ2) is 6.23. The lowest BCUT2D eigenvalue weighted by molar-refractivity contribution is -0.123. The third-order valence-corrected chi connectivity index (χ3v) is 4.96. The van der Waals surface area contributed by atoms with Crippen molar-refractivity contribution in [2.45, 2.75) is 69.6 Å². The summed E-state index contributed by atoms with van der Waals surface area (Å²) in [6.45, 7) is 1.54. The average Bonchev–Trinajstić information content (AvgIpc) is 2.90. The molecule has 19 heavy (non-hydrogen) atoms. The first kappa shape index (κ1) is 13.4. The van der Waals surface area contributed by atoms with E-state index in [4.69, 9.17) is 4.74 Å². The molecule has 0 spiro atoms. The normalized spacial score (nSPS) is 38.7. The third-order valence-electron chi connectivity index (χ3n) is 4.96. The Morgan fingerprint density at radius 3 is 2.79 bits per heavy atom. The standard InChI is InChI=1S/C15H26N2O2/c18-15(16-10-12-6-3-4-8-19-12)14-9-11-5-1-2-7-13(11)17-14/h11-14,17H,1-10H2,(H,16,18). The molecule has 2 heterocycles. The summed E-state index contributed by atoms with van der Waals surface area (Å²) in [4.78, 5) is 12.2. The number of fused-ring (bicyclic) bond motifs is 1. The molecular weight excluding hydrogens is 240 g/mol. The van der Waals surface area contributed by atoms with E-state index in [0.717, 1.165) is 31.8 Å². The van der Waals surface area contributed by atoms with Crippen LogP contribution < -0.4 is 10.6 Å². The van der Waals surface area contributed by atoms with Gasteiger partial charge in [0.25, 0.3) is 0 Å². The highest BCUT2D eigenvalue weighted by atomic mass is 16.5. The van der Waals surface area contributed by atoms with Crippen LogP contribution in [0.2, 0.25) is 0 Å². The third kappa shape index (κ3) is 3.29. The summed E-state index contributed by atoms with van der Waals surface area (Å²) < 4.78 is 5.65. The molecule has 3 rings (SSSR count). The highest BCUT2D eigenvalue weighted by Crippen LogP contribution is 2.33. The van der Waals surface area contributed by atoms with E-state index in [-0.39, 0.29) is 18.1 Å². The highest BCUT2D eigenvalue weighted by Gasteiger charge is 2.38. The van der Waals surface area contributed by atoms with Crippen molar-refractivity contribution in [1.82, 2.24) is 10.6 Å². The maximum absolute atomic E-state index is 12.2. The number of carbonyl (C=O) groups is 1. The van der Waals surface area contributed by atoms with Crippen LogP contribution >= 0.6 is 0 Å². The number of carbonyl (C=O) groups excluding carboxylic acids is 1. The summed E-state index contributed by atoms with van der Waals surface area (Å²) in [5.74, 6) is 0.916. The van der Waals surface area contributed by atoms with Gasteiger partial charge in [-0.1, -0.05) is 12.8 Å². The zero-order valence-corrected chi connectivity index (χ0v) is 11.7. The summed E-state index contributed by atoms with van der Waals surface area (Å²) in [7, 11) is 0. The lowest BCUT2D eigenvalue weighted by Crippen LogP contribution is -2.45. The Morgan fingerprint density at radius 1 is 1.16 bits per heavy atom. The van der Waals surface area contributed by atoms with Crippen LogP contribution in [0.3, 0.4) is 0 Å². The highest BCUT2D eigenvalue weighted by molar-refractivity contribution is 5.82. The fourth-order valence-electron chi connectivity index (χ4n) is 3.83. The minimum atomic E-state index is 0.0386. The Bertz CT molecular complexity index is 301. The molecule has 1 saturated carbocycles. The van der Waals surface area contributed by atoms with Gasteiger partial charge in [-0.2, -0.15) is 0 Å². The molecule has 4 unspecified atom stereocenters. The van der Waals surface area contributed by atoms with Gasteiger partial charge < -0.3 is 15.4 Å². The molecule has 4 heteroatoms. The van der Waals surface area contributed by atoms with Gasteiger partial charge in [-0.05, 0) is 44.4 Å². The number of hydrogen-bond donors (Lipinski definition) is 2.